The van der Waals surface area contributed by atoms with Crippen molar-refractivity contribution in [2.24, 2.45) is 5.41 Å². The highest BCUT2D eigenvalue weighted by atomic mass is 79.9. The minimum atomic E-state index is -3.69. The van der Waals surface area contributed by atoms with Gasteiger partial charge < -0.3 is 5.73 Å². The van der Waals surface area contributed by atoms with Gasteiger partial charge in [-0.05, 0) is 52.7 Å². The summed E-state index contributed by atoms with van der Waals surface area (Å²) in [6.07, 6.45) is 2.73. The van der Waals surface area contributed by atoms with Gasteiger partial charge in [0.1, 0.15) is 10.7 Å². The van der Waals surface area contributed by atoms with Crippen LogP contribution in [0, 0.1) is 11.2 Å². The zero-order valence-electron chi connectivity index (χ0n) is 12.2. The number of anilines is 1. The summed E-state index contributed by atoms with van der Waals surface area (Å²) in [6.45, 7) is 5.15. The van der Waals surface area contributed by atoms with Crippen LogP contribution in [0.15, 0.2) is 21.5 Å². The van der Waals surface area contributed by atoms with Gasteiger partial charge in [0.05, 0.1) is 10.2 Å². The molecule has 1 aliphatic heterocycles. The van der Waals surface area contributed by atoms with E-state index in [1.54, 1.807) is 0 Å². The van der Waals surface area contributed by atoms with Crippen molar-refractivity contribution in [3.63, 3.8) is 0 Å². The quantitative estimate of drug-likeness (QED) is 0.816. The number of rotatable bonds is 4. The molecule has 118 valence electrons. The first-order chi connectivity index (χ1) is 9.75. The van der Waals surface area contributed by atoms with Crippen molar-refractivity contribution in [1.29, 1.82) is 0 Å². The van der Waals surface area contributed by atoms with Gasteiger partial charge in [0.25, 0.3) is 0 Å². The van der Waals surface area contributed by atoms with Crippen LogP contribution in [0.2, 0.25) is 0 Å². The normalized spacial score (nSPS) is 19.0. The molecule has 0 aromatic heterocycles. The summed E-state index contributed by atoms with van der Waals surface area (Å²) in [5, 5.41) is 0. The zero-order chi connectivity index (χ0) is 15.8. The maximum absolute atomic E-state index is 13.4. The largest absolute Gasteiger partial charge is 0.398 e. The molecule has 21 heavy (non-hydrogen) atoms. The fourth-order valence-corrected chi connectivity index (χ4v) is 5.00. The van der Waals surface area contributed by atoms with Crippen LogP contribution in [0.25, 0.3) is 0 Å². The maximum Gasteiger partial charge on any atom is 0.245 e. The Morgan fingerprint density at radius 2 is 2.00 bits per heavy atom. The summed E-state index contributed by atoms with van der Waals surface area (Å²) in [5.74, 6) is -0.565. The highest BCUT2D eigenvalue weighted by Crippen LogP contribution is 2.40. The van der Waals surface area contributed by atoms with E-state index < -0.39 is 15.8 Å². The third-order valence-corrected chi connectivity index (χ3v) is 7.08. The second kappa shape index (κ2) is 5.85. The van der Waals surface area contributed by atoms with Crippen LogP contribution in [-0.4, -0.2) is 25.8 Å². The van der Waals surface area contributed by atoms with Gasteiger partial charge in [-0.25, -0.2) is 12.8 Å². The van der Waals surface area contributed by atoms with E-state index in [9.17, 15) is 12.8 Å². The van der Waals surface area contributed by atoms with E-state index in [4.69, 9.17) is 5.73 Å². The van der Waals surface area contributed by atoms with Crippen molar-refractivity contribution in [2.75, 3.05) is 18.8 Å². The zero-order valence-corrected chi connectivity index (χ0v) is 14.6. The second-order valence-corrected chi connectivity index (χ2v) is 8.36. The number of nitrogens with two attached hydrogens (primary N) is 1. The monoisotopic (exact) mass is 378 g/mol. The molecule has 1 heterocycles. The predicted octanol–water partition coefficient (Wildman–Crippen LogP) is 3.37. The molecular weight excluding hydrogens is 359 g/mol. The summed E-state index contributed by atoms with van der Waals surface area (Å²) in [4.78, 5) is -0.0289. The number of hydrogen-bond donors (Lipinski definition) is 1. The van der Waals surface area contributed by atoms with Gasteiger partial charge in [0.15, 0.2) is 0 Å². The van der Waals surface area contributed by atoms with E-state index >= 15 is 0 Å². The molecule has 2 rings (SSSR count). The fraction of sp³-hybridized carbons (Fsp3) is 0.571. The van der Waals surface area contributed by atoms with Gasteiger partial charge in [0, 0.05) is 13.1 Å². The molecule has 0 radical (unpaired) electrons. The Morgan fingerprint density at radius 1 is 1.38 bits per heavy atom. The van der Waals surface area contributed by atoms with E-state index in [1.807, 2.05) is 0 Å². The minimum absolute atomic E-state index is 0.0289. The van der Waals surface area contributed by atoms with Crippen LogP contribution in [0.4, 0.5) is 10.1 Å². The fourth-order valence-electron chi connectivity index (χ4n) is 2.83. The third kappa shape index (κ3) is 2.96. The van der Waals surface area contributed by atoms with Crippen molar-refractivity contribution < 1.29 is 12.8 Å². The molecule has 1 saturated heterocycles. The molecule has 7 heteroatoms. The minimum Gasteiger partial charge on any atom is -0.398 e. The van der Waals surface area contributed by atoms with Crippen LogP contribution in [-0.2, 0) is 10.0 Å². The first kappa shape index (κ1) is 16.7. The van der Waals surface area contributed by atoms with E-state index in [0.717, 1.165) is 25.3 Å². The van der Waals surface area contributed by atoms with E-state index in [1.165, 1.54) is 10.4 Å². The number of benzene rings is 1. The molecule has 0 bridgehead atoms. The summed E-state index contributed by atoms with van der Waals surface area (Å²) >= 11 is 3.02. The Kier molecular flexibility index (Phi) is 4.66. The van der Waals surface area contributed by atoms with Gasteiger partial charge >= 0.3 is 0 Å². The Hall–Kier alpha value is -0.660. The Labute approximate surface area is 133 Å². The number of nitrogen functional groups attached to an aromatic ring is 1. The molecule has 1 aromatic carbocycles. The third-order valence-electron chi connectivity index (χ3n) is 4.57. The van der Waals surface area contributed by atoms with Crippen LogP contribution in [0.3, 0.4) is 0 Å². The molecule has 0 saturated carbocycles. The van der Waals surface area contributed by atoms with Gasteiger partial charge in [-0.1, -0.05) is 13.8 Å². The summed E-state index contributed by atoms with van der Waals surface area (Å²) in [5.41, 5.74) is 5.70. The molecule has 0 unspecified atom stereocenters. The summed E-state index contributed by atoms with van der Waals surface area (Å²) < 4.78 is 40.5. The van der Waals surface area contributed by atoms with Crippen molar-refractivity contribution in [1.82, 2.24) is 4.31 Å². The van der Waals surface area contributed by atoms with E-state index in [0.29, 0.717) is 13.1 Å². The SMILES string of the molecule is CCC1(CC)CCN(S(=O)(=O)c2cc(Br)c(F)cc2N)C1. The average Bonchev–Trinajstić information content (AvgIpc) is 2.88. The number of halogens is 2. The van der Waals surface area contributed by atoms with Crippen LogP contribution >= 0.6 is 15.9 Å². The lowest BCUT2D eigenvalue weighted by Crippen LogP contribution is -2.32. The van der Waals surface area contributed by atoms with Gasteiger partial charge in [-0.15, -0.1) is 0 Å². The standard InChI is InChI=1S/C14H20BrFN2O2S/c1-3-14(4-2)5-6-18(9-14)21(19,20)13-7-10(15)11(16)8-12(13)17/h7-8H,3-6,9,17H2,1-2H3. The van der Waals surface area contributed by atoms with E-state index in [2.05, 4.69) is 29.8 Å². The molecular formula is C14H20BrFN2O2S. The molecule has 0 atom stereocenters. The molecule has 0 amide bonds. The Bertz CT molecular complexity index is 645. The van der Waals surface area contributed by atoms with Crippen molar-refractivity contribution in [3.05, 3.63) is 22.4 Å². The molecule has 0 spiro atoms. The molecule has 4 nitrogen and oxygen atoms in total. The molecule has 1 aliphatic rings. The first-order valence-corrected chi connectivity index (χ1v) is 9.24. The molecule has 0 aliphatic carbocycles. The highest BCUT2D eigenvalue weighted by Gasteiger charge is 2.41. The molecule has 1 aromatic rings. The smallest absolute Gasteiger partial charge is 0.245 e. The second-order valence-electron chi connectivity index (χ2n) is 5.60. The number of nitrogens with zero attached hydrogens (tertiary/aromatic N) is 1. The lowest BCUT2D eigenvalue weighted by Gasteiger charge is -2.26. The van der Waals surface area contributed by atoms with Crippen LogP contribution in [0.5, 0.6) is 0 Å². The van der Waals surface area contributed by atoms with Gasteiger partial charge in [-0.2, -0.15) is 4.31 Å². The predicted molar refractivity (Wildman–Crippen MR) is 84.9 cm³/mol. The van der Waals surface area contributed by atoms with Crippen LogP contribution < -0.4 is 5.73 Å². The maximum atomic E-state index is 13.4. The Balaban J connectivity index is 2.38. The lowest BCUT2D eigenvalue weighted by molar-refractivity contribution is 0.279. The van der Waals surface area contributed by atoms with Crippen molar-refractivity contribution in [2.45, 2.75) is 38.0 Å². The summed E-state index contributed by atoms with van der Waals surface area (Å²) in [6, 6.07) is 2.29. The van der Waals surface area contributed by atoms with E-state index in [-0.39, 0.29) is 20.5 Å². The molecule has 2 N–H and O–H groups in total. The average molecular weight is 379 g/mol. The number of hydrogen-bond acceptors (Lipinski definition) is 3. The van der Waals surface area contributed by atoms with Gasteiger partial charge in [0.2, 0.25) is 10.0 Å². The highest BCUT2D eigenvalue weighted by molar-refractivity contribution is 9.10. The first-order valence-electron chi connectivity index (χ1n) is 7.00. The topological polar surface area (TPSA) is 63.4 Å². The van der Waals surface area contributed by atoms with Gasteiger partial charge in [-0.3, -0.25) is 0 Å². The number of sulfonamides is 1. The van der Waals surface area contributed by atoms with Crippen LogP contribution in [0.1, 0.15) is 33.1 Å². The van der Waals surface area contributed by atoms with Crippen molar-refractivity contribution >= 4 is 31.6 Å². The Morgan fingerprint density at radius 3 is 2.52 bits per heavy atom. The summed E-state index contributed by atoms with van der Waals surface area (Å²) in [7, 11) is -3.69. The lowest BCUT2D eigenvalue weighted by atomic mass is 9.82. The molecule has 1 fully saturated rings. The van der Waals surface area contributed by atoms with Crippen molar-refractivity contribution in [3.8, 4) is 0 Å².